The number of carbonyl (C=O) groups excluding carboxylic acids is 1. The van der Waals surface area contributed by atoms with Crippen LogP contribution in [0.1, 0.15) is 13.8 Å². The number of anilines is 1. The molecule has 1 amide bonds. The van der Waals surface area contributed by atoms with E-state index in [0.29, 0.717) is 0 Å². The molecule has 0 saturated carbocycles. The minimum Gasteiger partial charge on any atom is -0.325 e. The van der Waals surface area contributed by atoms with E-state index in [1.54, 1.807) is 31.4 Å². The third-order valence-electron chi connectivity index (χ3n) is 2.41. The van der Waals surface area contributed by atoms with Crippen LogP contribution in [-0.4, -0.2) is 16.4 Å². The van der Waals surface area contributed by atoms with Gasteiger partial charge in [-0.3, -0.25) is 4.79 Å². The van der Waals surface area contributed by atoms with Crippen LogP contribution in [0.5, 0.6) is 0 Å². The Morgan fingerprint density at radius 1 is 1.33 bits per heavy atom. The Morgan fingerprint density at radius 2 is 2.00 bits per heavy atom. The normalized spacial score (nSPS) is 11.3. The number of aromatic nitrogens is 1. The molecular formula is C13H15N3OS. The smallest absolute Gasteiger partial charge is 0.243 e. The van der Waals surface area contributed by atoms with E-state index in [0.717, 1.165) is 16.3 Å². The summed E-state index contributed by atoms with van der Waals surface area (Å²) in [6.45, 7) is 3.35. The topological polar surface area (TPSA) is 68.0 Å². The summed E-state index contributed by atoms with van der Waals surface area (Å²) in [5.74, 6) is -0.204. The van der Waals surface area contributed by atoms with Crippen LogP contribution in [0.25, 0.3) is 10.6 Å². The molecule has 0 aliphatic heterocycles. The zero-order valence-corrected chi connectivity index (χ0v) is 11.1. The van der Waals surface area contributed by atoms with Crippen LogP contribution in [0.2, 0.25) is 0 Å². The van der Waals surface area contributed by atoms with E-state index in [1.165, 1.54) is 0 Å². The van der Waals surface area contributed by atoms with Crippen molar-refractivity contribution in [1.82, 2.24) is 4.98 Å². The zero-order valence-electron chi connectivity index (χ0n) is 10.3. The van der Waals surface area contributed by atoms with Crippen molar-refractivity contribution >= 4 is 22.9 Å². The lowest BCUT2D eigenvalue weighted by Crippen LogP contribution is -2.45. The third-order valence-corrected chi connectivity index (χ3v) is 3.23. The van der Waals surface area contributed by atoms with Gasteiger partial charge in [0.25, 0.3) is 0 Å². The fraction of sp³-hybridized carbons (Fsp3) is 0.231. The second-order valence-electron chi connectivity index (χ2n) is 4.59. The van der Waals surface area contributed by atoms with Crippen LogP contribution in [0.3, 0.4) is 0 Å². The molecule has 4 nitrogen and oxygen atoms in total. The average molecular weight is 261 g/mol. The Morgan fingerprint density at radius 3 is 2.50 bits per heavy atom. The van der Waals surface area contributed by atoms with E-state index >= 15 is 0 Å². The van der Waals surface area contributed by atoms with Crippen LogP contribution in [0, 0.1) is 0 Å². The summed E-state index contributed by atoms with van der Waals surface area (Å²) in [6, 6.07) is 7.55. The van der Waals surface area contributed by atoms with Crippen molar-refractivity contribution in [2.45, 2.75) is 19.4 Å². The second kappa shape index (κ2) is 4.88. The van der Waals surface area contributed by atoms with Crippen molar-refractivity contribution in [3.8, 4) is 10.6 Å². The van der Waals surface area contributed by atoms with Crippen molar-refractivity contribution in [1.29, 1.82) is 0 Å². The number of nitrogens with two attached hydrogens (primary N) is 1. The number of nitrogens with zero attached hydrogens (tertiary/aromatic N) is 1. The summed E-state index contributed by atoms with van der Waals surface area (Å²) in [5.41, 5.74) is 6.60. The van der Waals surface area contributed by atoms with Gasteiger partial charge in [0.2, 0.25) is 5.91 Å². The van der Waals surface area contributed by atoms with E-state index in [-0.39, 0.29) is 5.91 Å². The first-order valence-electron chi connectivity index (χ1n) is 5.57. The molecule has 0 spiro atoms. The Labute approximate surface area is 110 Å². The van der Waals surface area contributed by atoms with Gasteiger partial charge in [-0.1, -0.05) is 0 Å². The van der Waals surface area contributed by atoms with Gasteiger partial charge in [-0.05, 0) is 38.1 Å². The number of amides is 1. The minimum absolute atomic E-state index is 0.204. The lowest BCUT2D eigenvalue weighted by Gasteiger charge is -2.17. The maximum absolute atomic E-state index is 11.7. The standard InChI is InChI=1S/C13H15N3OS/c1-13(2,14)12(17)16-10-5-3-9(4-6-10)11-15-7-8-18-11/h3-8H,14H2,1-2H3,(H,16,17). The van der Waals surface area contributed by atoms with E-state index in [4.69, 9.17) is 5.73 Å². The van der Waals surface area contributed by atoms with Gasteiger partial charge in [-0.15, -0.1) is 11.3 Å². The van der Waals surface area contributed by atoms with Crippen LogP contribution in [0.4, 0.5) is 5.69 Å². The van der Waals surface area contributed by atoms with Gasteiger partial charge in [0.15, 0.2) is 0 Å². The molecule has 2 aromatic rings. The largest absolute Gasteiger partial charge is 0.325 e. The van der Waals surface area contributed by atoms with E-state index in [9.17, 15) is 4.79 Å². The molecule has 0 saturated heterocycles. The average Bonchev–Trinajstić information content (AvgIpc) is 2.82. The van der Waals surface area contributed by atoms with Gasteiger partial charge >= 0.3 is 0 Å². The molecule has 5 heteroatoms. The first-order chi connectivity index (χ1) is 8.47. The summed E-state index contributed by atoms with van der Waals surface area (Å²) in [5, 5.41) is 5.67. The van der Waals surface area contributed by atoms with Crippen LogP contribution >= 0.6 is 11.3 Å². The van der Waals surface area contributed by atoms with Crippen LogP contribution < -0.4 is 11.1 Å². The Bertz CT molecular complexity index is 526. The van der Waals surface area contributed by atoms with Gasteiger partial charge < -0.3 is 11.1 Å². The summed E-state index contributed by atoms with van der Waals surface area (Å²) < 4.78 is 0. The number of benzene rings is 1. The molecule has 2 rings (SSSR count). The van der Waals surface area contributed by atoms with Gasteiger partial charge in [0.1, 0.15) is 5.01 Å². The van der Waals surface area contributed by atoms with Crippen LogP contribution in [-0.2, 0) is 4.79 Å². The molecule has 0 bridgehead atoms. The molecule has 1 heterocycles. The molecule has 94 valence electrons. The number of hydrogen-bond donors (Lipinski definition) is 2. The SMILES string of the molecule is CC(C)(N)C(=O)Nc1ccc(-c2nccs2)cc1. The van der Waals surface area contributed by atoms with Crippen molar-refractivity contribution in [2.75, 3.05) is 5.32 Å². The molecule has 0 aliphatic rings. The molecule has 0 unspecified atom stereocenters. The number of hydrogen-bond acceptors (Lipinski definition) is 4. The van der Waals surface area contributed by atoms with E-state index in [1.807, 2.05) is 29.6 Å². The molecule has 18 heavy (non-hydrogen) atoms. The lowest BCUT2D eigenvalue weighted by molar-refractivity contribution is -0.120. The maximum atomic E-state index is 11.7. The number of thiazole rings is 1. The Balaban J connectivity index is 2.12. The fourth-order valence-corrected chi connectivity index (χ4v) is 2.00. The zero-order chi connectivity index (χ0) is 13.2. The van der Waals surface area contributed by atoms with Crippen molar-refractivity contribution in [2.24, 2.45) is 5.73 Å². The highest BCUT2D eigenvalue weighted by atomic mass is 32.1. The molecule has 1 aromatic heterocycles. The highest BCUT2D eigenvalue weighted by molar-refractivity contribution is 7.13. The molecule has 1 aromatic carbocycles. The highest BCUT2D eigenvalue weighted by Crippen LogP contribution is 2.23. The summed E-state index contributed by atoms with van der Waals surface area (Å²) >= 11 is 1.58. The van der Waals surface area contributed by atoms with Crippen LogP contribution in [0.15, 0.2) is 35.8 Å². The minimum atomic E-state index is -0.881. The molecule has 0 radical (unpaired) electrons. The molecule has 3 N–H and O–H groups in total. The molecule has 0 aliphatic carbocycles. The van der Waals surface area contributed by atoms with Crippen molar-refractivity contribution < 1.29 is 4.79 Å². The summed E-state index contributed by atoms with van der Waals surface area (Å²) in [7, 11) is 0. The van der Waals surface area contributed by atoms with Gasteiger partial charge in [0, 0.05) is 22.8 Å². The molecule has 0 atom stereocenters. The quantitative estimate of drug-likeness (QED) is 0.892. The molecular weight excluding hydrogens is 246 g/mol. The number of nitrogens with one attached hydrogen (secondary N) is 1. The predicted molar refractivity (Wildman–Crippen MR) is 74.4 cm³/mol. The fourth-order valence-electron chi connectivity index (χ4n) is 1.35. The van der Waals surface area contributed by atoms with Gasteiger partial charge in [-0.2, -0.15) is 0 Å². The van der Waals surface area contributed by atoms with Gasteiger partial charge in [-0.25, -0.2) is 4.98 Å². The molecule has 0 fully saturated rings. The Hall–Kier alpha value is -1.72. The van der Waals surface area contributed by atoms with E-state index in [2.05, 4.69) is 10.3 Å². The monoisotopic (exact) mass is 261 g/mol. The van der Waals surface area contributed by atoms with Crippen molar-refractivity contribution in [3.63, 3.8) is 0 Å². The maximum Gasteiger partial charge on any atom is 0.243 e. The second-order valence-corrected chi connectivity index (χ2v) is 5.48. The Kier molecular flexibility index (Phi) is 3.45. The summed E-state index contributed by atoms with van der Waals surface area (Å²) in [4.78, 5) is 15.9. The predicted octanol–water partition coefficient (Wildman–Crippen LogP) is 2.49. The first-order valence-corrected chi connectivity index (χ1v) is 6.45. The van der Waals surface area contributed by atoms with E-state index < -0.39 is 5.54 Å². The van der Waals surface area contributed by atoms with Crippen molar-refractivity contribution in [3.05, 3.63) is 35.8 Å². The lowest BCUT2D eigenvalue weighted by atomic mass is 10.1. The third kappa shape index (κ3) is 2.94. The summed E-state index contributed by atoms with van der Waals surface area (Å²) in [6.07, 6.45) is 1.77. The number of rotatable bonds is 3. The number of carbonyl (C=O) groups is 1. The highest BCUT2D eigenvalue weighted by Gasteiger charge is 2.21. The first kappa shape index (κ1) is 12.7. The van der Waals surface area contributed by atoms with Gasteiger partial charge in [0.05, 0.1) is 5.54 Å².